The predicted octanol–water partition coefficient (Wildman–Crippen LogP) is 6.00. The van der Waals surface area contributed by atoms with Gasteiger partial charge in [-0.1, -0.05) is 44.6 Å². The molecule has 3 atom stereocenters. The van der Waals surface area contributed by atoms with E-state index in [-0.39, 0.29) is 41.1 Å². The molecule has 0 bridgehead atoms. The molecule has 9 heteroatoms. The van der Waals surface area contributed by atoms with Crippen molar-refractivity contribution in [2.75, 3.05) is 13.1 Å². The third-order valence-corrected chi connectivity index (χ3v) is 11.4. The van der Waals surface area contributed by atoms with Crippen molar-refractivity contribution in [2.45, 2.75) is 94.2 Å². The first-order chi connectivity index (χ1) is 17.6. The van der Waals surface area contributed by atoms with Crippen LogP contribution < -0.4 is 5.32 Å². The van der Waals surface area contributed by atoms with E-state index >= 15 is 0 Å². The number of carbonyl (C=O) groups excluding carboxylic acids is 1. The highest BCUT2D eigenvalue weighted by Crippen LogP contribution is 2.43. The van der Waals surface area contributed by atoms with Crippen LogP contribution in [0.4, 0.5) is 13.2 Å². The molecule has 1 N–H and O–H groups in total. The lowest BCUT2D eigenvalue weighted by atomic mass is 9.69. The first-order valence-electron chi connectivity index (χ1n) is 14.1. The minimum Gasteiger partial charge on any atom is -0.353 e. The molecule has 1 aromatic rings. The van der Waals surface area contributed by atoms with Gasteiger partial charge in [0.1, 0.15) is 0 Å². The lowest BCUT2D eigenvalue weighted by Gasteiger charge is -2.37. The van der Waals surface area contributed by atoms with E-state index in [9.17, 15) is 26.4 Å². The maximum atomic E-state index is 13.8. The number of nitrogens with one attached hydrogen (secondary N) is 1. The maximum absolute atomic E-state index is 13.8. The SMILES string of the molecule is O=C(N[C@H]1CC[C@H]2CN(S(=O)(=O)c3cccc(C(F)(F)F)c3)C[C@H]21)C(C1CCCCC1)C1CCCCC1. The number of carbonyl (C=O) groups is 1. The zero-order valence-corrected chi connectivity index (χ0v) is 22.2. The molecule has 4 aliphatic rings. The molecule has 3 saturated carbocycles. The third kappa shape index (κ3) is 5.72. The lowest BCUT2D eigenvalue weighted by Crippen LogP contribution is -2.47. The number of hydrogen-bond acceptors (Lipinski definition) is 3. The molecule has 5 nitrogen and oxygen atoms in total. The maximum Gasteiger partial charge on any atom is 0.416 e. The van der Waals surface area contributed by atoms with Gasteiger partial charge in [0.25, 0.3) is 0 Å². The smallest absolute Gasteiger partial charge is 0.353 e. The van der Waals surface area contributed by atoms with Crippen LogP contribution in [-0.2, 0) is 21.0 Å². The summed E-state index contributed by atoms with van der Waals surface area (Å²) < 4.78 is 67.4. The van der Waals surface area contributed by atoms with Crippen LogP contribution in [0.25, 0.3) is 0 Å². The third-order valence-electron chi connectivity index (χ3n) is 9.57. The summed E-state index contributed by atoms with van der Waals surface area (Å²) in [5.74, 6) is 1.21. The van der Waals surface area contributed by atoms with E-state index < -0.39 is 21.8 Å². The van der Waals surface area contributed by atoms with Crippen LogP contribution in [0.5, 0.6) is 0 Å². The molecular formula is C28H39F3N2O3S. The quantitative estimate of drug-likeness (QED) is 0.482. The van der Waals surface area contributed by atoms with E-state index in [1.165, 1.54) is 48.9 Å². The molecule has 1 saturated heterocycles. The molecule has 1 aliphatic heterocycles. The summed E-state index contributed by atoms with van der Waals surface area (Å²) in [5.41, 5.74) is -0.963. The Balaban J connectivity index is 1.28. The van der Waals surface area contributed by atoms with Crippen LogP contribution in [0, 0.1) is 29.6 Å². The largest absolute Gasteiger partial charge is 0.416 e. The summed E-state index contributed by atoms with van der Waals surface area (Å²) in [7, 11) is -4.05. The first-order valence-corrected chi connectivity index (χ1v) is 15.6. The second-order valence-electron chi connectivity index (χ2n) is 11.8. The van der Waals surface area contributed by atoms with Crippen LogP contribution in [0.3, 0.4) is 0 Å². The monoisotopic (exact) mass is 540 g/mol. The fourth-order valence-electron chi connectivity index (χ4n) is 7.66. The second kappa shape index (κ2) is 10.9. The van der Waals surface area contributed by atoms with Gasteiger partial charge in [0.2, 0.25) is 15.9 Å². The van der Waals surface area contributed by atoms with E-state index in [1.807, 2.05) is 0 Å². The molecular weight excluding hydrogens is 501 g/mol. The summed E-state index contributed by atoms with van der Waals surface area (Å²) >= 11 is 0. The van der Waals surface area contributed by atoms with Crippen LogP contribution in [0.15, 0.2) is 29.2 Å². The van der Waals surface area contributed by atoms with Gasteiger partial charge in [0.05, 0.1) is 10.5 Å². The molecule has 206 valence electrons. The molecule has 0 aromatic heterocycles. The Hall–Kier alpha value is -1.61. The van der Waals surface area contributed by atoms with E-state index in [1.54, 1.807) is 0 Å². The van der Waals surface area contributed by atoms with Gasteiger partial charge in [0.15, 0.2) is 0 Å². The zero-order valence-electron chi connectivity index (χ0n) is 21.4. The van der Waals surface area contributed by atoms with Gasteiger partial charge in [0, 0.05) is 25.0 Å². The number of nitrogens with zero attached hydrogens (tertiary/aromatic N) is 1. The molecule has 3 aliphatic carbocycles. The van der Waals surface area contributed by atoms with E-state index in [0.29, 0.717) is 18.4 Å². The minimum absolute atomic E-state index is 0.00267. The molecule has 1 amide bonds. The fourth-order valence-corrected chi connectivity index (χ4v) is 9.24. The van der Waals surface area contributed by atoms with Gasteiger partial charge in [-0.15, -0.1) is 0 Å². The first kappa shape index (κ1) is 27.0. The minimum atomic E-state index is -4.60. The molecule has 1 aromatic carbocycles. The van der Waals surface area contributed by atoms with Crippen molar-refractivity contribution in [2.24, 2.45) is 29.6 Å². The number of benzene rings is 1. The van der Waals surface area contributed by atoms with Crippen LogP contribution in [-0.4, -0.2) is 37.8 Å². The molecule has 5 rings (SSSR count). The number of sulfonamides is 1. The number of amides is 1. The second-order valence-corrected chi connectivity index (χ2v) is 13.7. The lowest BCUT2D eigenvalue weighted by molar-refractivity contribution is -0.137. The zero-order chi connectivity index (χ0) is 26.2. The van der Waals surface area contributed by atoms with Crippen LogP contribution in [0.1, 0.15) is 82.6 Å². The molecule has 4 fully saturated rings. The molecule has 0 spiro atoms. The van der Waals surface area contributed by atoms with Gasteiger partial charge in [-0.25, -0.2) is 8.42 Å². The van der Waals surface area contributed by atoms with Crippen molar-refractivity contribution < 1.29 is 26.4 Å². The standard InChI is InChI=1S/C28H39F3N2O3S/c29-28(30,31)22-12-7-13-23(16-22)37(35,36)33-17-21-14-15-25(24(21)18-33)32-27(34)26(19-8-3-1-4-9-19)20-10-5-2-6-11-20/h7,12-13,16,19-21,24-26H,1-6,8-11,14-15,17-18H2,(H,32,34)/t21-,24+,25-/m0/s1. The summed E-state index contributed by atoms with van der Waals surface area (Å²) in [4.78, 5) is 13.4. The highest BCUT2D eigenvalue weighted by Gasteiger charge is 2.48. The highest BCUT2D eigenvalue weighted by atomic mass is 32.2. The summed E-state index contributed by atoms with van der Waals surface area (Å²) in [6.07, 6.45) is 8.80. The van der Waals surface area contributed by atoms with Crippen molar-refractivity contribution >= 4 is 15.9 Å². The molecule has 0 radical (unpaired) electrons. The molecule has 1 heterocycles. The van der Waals surface area contributed by atoms with Gasteiger partial charge in [-0.05, 0) is 80.4 Å². The number of halogens is 3. The number of alkyl halides is 3. The number of fused-ring (bicyclic) bond motifs is 1. The van der Waals surface area contributed by atoms with Gasteiger partial charge < -0.3 is 5.32 Å². The van der Waals surface area contributed by atoms with Crippen molar-refractivity contribution in [3.8, 4) is 0 Å². The topological polar surface area (TPSA) is 66.5 Å². The van der Waals surface area contributed by atoms with Crippen LogP contribution in [0.2, 0.25) is 0 Å². The number of rotatable bonds is 6. The summed E-state index contributed by atoms with van der Waals surface area (Å²) in [6.45, 7) is 0.538. The average Bonchev–Trinajstić information content (AvgIpc) is 3.48. The summed E-state index contributed by atoms with van der Waals surface area (Å²) in [5, 5.41) is 3.38. The highest BCUT2D eigenvalue weighted by molar-refractivity contribution is 7.89. The van der Waals surface area contributed by atoms with Crippen molar-refractivity contribution in [1.29, 1.82) is 0 Å². The summed E-state index contributed by atoms with van der Waals surface area (Å²) in [6, 6.07) is 3.91. The van der Waals surface area contributed by atoms with E-state index in [4.69, 9.17) is 0 Å². The Morgan fingerprint density at radius 1 is 0.892 bits per heavy atom. The predicted molar refractivity (Wildman–Crippen MR) is 135 cm³/mol. The van der Waals surface area contributed by atoms with Crippen molar-refractivity contribution in [3.63, 3.8) is 0 Å². The average molecular weight is 541 g/mol. The fraction of sp³-hybridized carbons (Fsp3) is 0.750. The van der Waals surface area contributed by atoms with Gasteiger partial charge in [-0.3, -0.25) is 4.79 Å². The Bertz CT molecular complexity index is 1050. The molecule has 0 unspecified atom stereocenters. The number of hydrogen-bond donors (Lipinski definition) is 1. The van der Waals surface area contributed by atoms with Gasteiger partial charge in [-0.2, -0.15) is 17.5 Å². The normalized spacial score (nSPS) is 28.5. The van der Waals surface area contributed by atoms with Crippen LogP contribution >= 0.6 is 0 Å². The van der Waals surface area contributed by atoms with E-state index in [0.717, 1.165) is 56.7 Å². The Morgan fingerprint density at radius 2 is 1.51 bits per heavy atom. The Labute approximate surface area is 218 Å². The van der Waals surface area contributed by atoms with E-state index in [2.05, 4.69) is 5.32 Å². The van der Waals surface area contributed by atoms with Gasteiger partial charge >= 0.3 is 6.18 Å². The van der Waals surface area contributed by atoms with Crippen molar-refractivity contribution in [3.05, 3.63) is 29.8 Å². The Kier molecular flexibility index (Phi) is 7.93. The van der Waals surface area contributed by atoms with Crippen molar-refractivity contribution in [1.82, 2.24) is 9.62 Å². The molecule has 37 heavy (non-hydrogen) atoms. The Morgan fingerprint density at radius 3 is 2.11 bits per heavy atom.